The second-order valence-corrected chi connectivity index (χ2v) is 4.05. The summed E-state index contributed by atoms with van der Waals surface area (Å²) in [5, 5.41) is 2.79. The molecule has 1 aromatic heterocycles. The lowest BCUT2D eigenvalue weighted by atomic mass is 10.2. The average molecular weight is 295 g/mol. The third kappa shape index (κ3) is 2.30. The van der Waals surface area contributed by atoms with E-state index in [9.17, 15) is 17.6 Å². The molecule has 2 aromatic rings. The number of benzene rings is 1. The van der Waals surface area contributed by atoms with E-state index in [0.29, 0.717) is 10.7 Å². The summed E-state index contributed by atoms with van der Waals surface area (Å²) >= 11 is 5.58. The highest BCUT2D eigenvalue weighted by Gasteiger charge is 2.34. The minimum absolute atomic E-state index is 0.108. The normalized spacial score (nSPS) is 11.8. The number of nitrogens with two attached hydrogens (primary N) is 2. The predicted molar refractivity (Wildman–Crippen MR) is 62.4 cm³/mol. The van der Waals surface area contributed by atoms with Gasteiger partial charge >= 0.3 is 6.18 Å². The molecular formula is C10H7ClF4N4. The molecule has 1 aromatic carbocycles. The van der Waals surface area contributed by atoms with Crippen LogP contribution in [0, 0.1) is 5.82 Å². The Balaban J connectivity index is 2.60. The number of alkyl halides is 3. The van der Waals surface area contributed by atoms with Gasteiger partial charge in [-0.25, -0.2) is 9.07 Å². The Morgan fingerprint density at radius 3 is 2.37 bits per heavy atom. The summed E-state index contributed by atoms with van der Waals surface area (Å²) in [6.07, 6.45) is -3.70. The molecule has 0 saturated carbocycles. The fourth-order valence-corrected chi connectivity index (χ4v) is 1.63. The largest absolute Gasteiger partial charge is 0.435 e. The van der Waals surface area contributed by atoms with Gasteiger partial charge in [0.1, 0.15) is 10.7 Å². The van der Waals surface area contributed by atoms with Crippen molar-refractivity contribution in [2.75, 3.05) is 11.5 Å². The van der Waals surface area contributed by atoms with Crippen LogP contribution in [0.5, 0.6) is 0 Å². The average Bonchev–Trinajstić information content (AvgIpc) is 2.75. The Hall–Kier alpha value is -1.96. The smallest absolute Gasteiger partial charge is 0.397 e. The van der Waals surface area contributed by atoms with Gasteiger partial charge in [0.15, 0.2) is 11.5 Å². The van der Waals surface area contributed by atoms with Gasteiger partial charge in [-0.3, -0.25) is 0 Å². The number of rotatable bonds is 1. The fraction of sp³-hybridized carbons (Fsp3) is 0.100. The number of nitrogen functional groups attached to an aromatic ring is 2. The van der Waals surface area contributed by atoms with E-state index in [-0.39, 0.29) is 17.1 Å². The van der Waals surface area contributed by atoms with Crippen LogP contribution >= 0.6 is 11.6 Å². The van der Waals surface area contributed by atoms with Crippen molar-refractivity contribution in [3.05, 3.63) is 34.9 Å². The summed E-state index contributed by atoms with van der Waals surface area (Å²) in [6.45, 7) is 0. The van der Waals surface area contributed by atoms with Gasteiger partial charge in [0, 0.05) is 6.20 Å². The first-order valence-corrected chi connectivity index (χ1v) is 5.25. The molecule has 2 rings (SSSR count). The number of nitrogens with zero attached hydrogens (tertiary/aromatic N) is 2. The van der Waals surface area contributed by atoms with E-state index in [1.165, 1.54) is 0 Å². The maximum absolute atomic E-state index is 13.9. The zero-order valence-electron chi connectivity index (χ0n) is 9.17. The topological polar surface area (TPSA) is 69.9 Å². The molecule has 0 aliphatic carbocycles. The van der Waals surface area contributed by atoms with Crippen LogP contribution in [0.3, 0.4) is 0 Å². The maximum atomic E-state index is 13.9. The minimum atomic E-state index is -4.63. The van der Waals surface area contributed by atoms with Crippen molar-refractivity contribution < 1.29 is 17.6 Å². The first-order valence-electron chi connectivity index (χ1n) is 4.88. The summed E-state index contributed by atoms with van der Waals surface area (Å²) in [6, 6.07) is 1.85. The number of aromatic nitrogens is 2. The van der Waals surface area contributed by atoms with Crippen LogP contribution in [-0.4, -0.2) is 9.78 Å². The predicted octanol–water partition coefficient (Wildman–Crippen LogP) is 2.85. The van der Waals surface area contributed by atoms with E-state index in [1.807, 2.05) is 0 Å². The SMILES string of the molecule is Nc1cc(N)c(-n2ccc(C(F)(F)F)n2)c(F)c1Cl. The van der Waals surface area contributed by atoms with Crippen molar-refractivity contribution in [1.29, 1.82) is 0 Å². The Labute approximate surface area is 109 Å². The maximum Gasteiger partial charge on any atom is 0.435 e. The van der Waals surface area contributed by atoms with Gasteiger partial charge in [-0.1, -0.05) is 11.6 Å². The van der Waals surface area contributed by atoms with Crippen LogP contribution in [-0.2, 0) is 6.18 Å². The quantitative estimate of drug-likeness (QED) is 0.627. The van der Waals surface area contributed by atoms with E-state index >= 15 is 0 Å². The highest BCUT2D eigenvalue weighted by molar-refractivity contribution is 6.33. The molecule has 0 radical (unpaired) electrons. The number of hydrogen-bond acceptors (Lipinski definition) is 3. The van der Waals surface area contributed by atoms with Crippen molar-refractivity contribution >= 4 is 23.0 Å². The third-order valence-corrected chi connectivity index (χ3v) is 2.73. The monoisotopic (exact) mass is 294 g/mol. The third-order valence-electron chi connectivity index (χ3n) is 2.35. The molecule has 0 amide bonds. The highest BCUT2D eigenvalue weighted by Crippen LogP contribution is 2.33. The fourth-order valence-electron chi connectivity index (χ4n) is 1.49. The summed E-state index contributed by atoms with van der Waals surface area (Å²) in [4.78, 5) is 0. The molecule has 0 aliphatic heterocycles. The number of hydrogen-bond donors (Lipinski definition) is 2. The van der Waals surface area contributed by atoms with Crippen LogP contribution in [0.25, 0.3) is 5.69 Å². The lowest BCUT2D eigenvalue weighted by Gasteiger charge is -2.10. The van der Waals surface area contributed by atoms with Crippen LogP contribution in [0.4, 0.5) is 28.9 Å². The van der Waals surface area contributed by atoms with E-state index in [1.54, 1.807) is 0 Å². The molecule has 0 aliphatic rings. The molecule has 4 N–H and O–H groups in total. The van der Waals surface area contributed by atoms with Crippen LogP contribution in [0.2, 0.25) is 5.02 Å². The summed E-state index contributed by atoms with van der Waals surface area (Å²) < 4.78 is 51.8. The first-order chi connectivity index (χ1) is 8.71. The molecule has 1 heterocycles. The van der Waals surface area contributed by atoms with Gasteiger partial charge in [-0.15, -0.1) is 0 Å². The summed E-state index contributed by atoms with van der Waals surface area (Å²) in [5.74, 6) is -1.03. The van der Waals surface area contributed by atoms with Gasteiger partial charge in [-0.2, -0.15) is 18.3 Å². The second kappa shape index (κ2) is 4.30. The Morgan fingerprint density at radius 1 is 1.21 bits per heavy atom. The van der Waals surface area contributed by atoms with Crippen molar-refractivity contribution in [3.63, 3.8) is 0 Å². The second-order valence-electron chi connectivity index (χ2n) is 3.67. The van der Waals surface area contributed by atoms with E-state index in [2.05, 4.69) is 5.10 Å². The minimum Gasteiger partial charge on any atom is -0.397 e. The summed E-state index contributed by atoms with van der Waals surface area (Å²) in [5.41, 5.74) is 9.08. The van der Waals surface area contributed by atoms with Gasteiger partial charge in [0.25, 0.3) is 0 Å². The molecule has 102 valence electrons. The molecule has 0 saturated heterocycles. The Morgan fingerprint density at radius 2 is 1.84 bits per heavy atom. The number of halogens is 5. The van der Waals surface area contributed by atoms with E-state index < -0.39 is 22.7 Å². The van der Waals surface area contributed by atoms with E-state index in [0.717, 1.165) is 12.3 Å². The van der Waals surface area contributed by atoms with Gasteiger partial charge in [0.2, 0.25) is 0 Å². The molecule has 19 heavy (non-hydrogen) atoms. The van der Waals surface area contributed by atoms with Crippen LogP contribution in [0.1, 0.15) is 5.69 Å². The lowest BCUT2D eigenvalue weighted by molar-refractivity contribution is -0.141. The molecular weight excluding hydrogens is 288 g/mol. The standard InChI is InChI=1S/C10H7ClF4N4/c11-7-4(16)3-5(17)9(8(7)12)19-2-1-6(18-19)10(13,14)15/h1-3H,16-17H2. The molecule has 0 atom stereocenters. The van der Waals surface area contributed by atoms with Gasteiger partial charge in [0.05, 0.1) is 11.4 Å². The van der Waals surface area contributed by atoms with Gasteiger partial charge in [-0.05, 0) is 12.1 Å². The molecule has 4 nitrogen and oxygen atoms in total. The molecule has 0 bridgehead atoms. The van der Waals surface area contributed by atoms with E-state index in [4.69, 9.17) is 23.1 Å². The number of anilines is 2. The van der Waals surface area contributed by atoms with Gasteiger partial charge < -0.3 is 11.5 Å². The first kappa shape index (κ1) is 13.5. The molecule has 0 unspecified atom stereocenters. The van der Waals surface area contributed by atoms with Crippen LogP contribution in [0.15, 0.2) is 18.3 Å². The Kier molecular flexibility index (Phi) is 3.05. The lowest BCUT2D eigenvalue weighted by Crippen LogP contribution is -2.10. The molecule has 9 heteroatoms. The van der Waals surface area contributed by atoms with Crippen molar-refractivity contribution in [3.8, 4) is 5.69 Å². The van der Waals surface area contributed by atoms with Crippen LogP contribution < -0.4 is 11.5 Å². The Bertz CT molecular complexity index is 635. The van der Waals surface area contributed by atoms with Crippen molar-refractivity contribution in [2.24, 2.45) is 0 Å². The zero-order chi connectivity index (χ0) is 14.4. The van der Waals surface area contributed by atoms with Crippen molar-refractivity contribution in [2.45, 2.75) is 6.18 Å². The summed E-state index contributed by atoms with van der Waals surface area (Å²) in [7, 11) is 0. The molecule has 0 spiro atoms. The highest BCUT2D eigenvalue weighted by atomic mass is 35.5. The van der Waals surface area contributed by atoms with Crippen molar-refractivity contribution in [1.82, 2.24) is 9.78 Å². The zero-order valence-corrected chi connectivity index (χ0v) is 9.93. The molecule has 0 fully saturated rings.